The van der Waals surface area contributed by atoms with Crippen molar-refractivity contribution in [1.82, 2.24) is 0 Å². The molecule has 0 saturated heterocycles. The van der Waals surface area contributed by atoms with Crippen molar-refractivity contribution in [2.24, 2.45) is 10.7 Å². The molecule has 15 heavy (non-hydrogen) atoms. The highest BCUT2D eigenvalue weighted by Gasteiger charge is 2.20. The quantitative estimate of drug-likeness (QED) is 0.776. The van der Waals surface area contributed by atoms with Crippen LogP contribution in [0.1, 0.15) is 18.9 Å². The Kier molecular flexibility index (Phi) is 2.37. The number of hydrogen-bond donors (Lipinski definition) is 1. The maximum absolute atomic E-state index is 11.2. The molecule has 1 aliphatic heterocycles. The Labute approximate surface area is 88.3 Å². The molecule has 0 saturated carbocycles. The van der Waals surface area contributed by atoms with E-state index in [4.69, 9.17) is 5.73 Å². The SMILES string of the molecule is CC1=NC(C(N)=O)=C(c2ccccc2)C1. The van der Waals surface area contributed by atoms with E-state index in [9.17, 15) is 4.79 Å². The number of amides is 1. The maximum atomic E-state index is 11.2. The topological polar surface area (TPSA) is 55.4 Å². The fraction of sp³-hybridized carbons (Fsp3) is 0.167. The molecule has 0 bridgehead atoms. The van der Waals surface area contributed by atoms with Crippen molar-refractivity contribution in [3.8, 4) is 0 Å². The van der Waals surface area contributed by atoms with Gasteiger partial charge < -0.3 is 5.73 Å². The number of carbonyl (C=O) groups is 1. The van der Waals surface area contributed by atoms with Crippen LogP contribution >= 0.6 is 0 Å². The molecule has 0 atom stereocenters. The molecule has 0 spiro atoms. The van der Waals surface area contributed by atoms with Gasteiger partial charge in [-0.05, 0) is 18.1 Å². The van der Waals surface area contributed by atoms with Crippen molar-refractivity contribution >= 4 is 17.2 Å². The van der Waals surface area contributed by atoms with Gasteiger partial charge in [-0.3, -0.25) is 9.79 Å². The first-order valence-electron chi connectivity index (χ1n) is 4.81. The second-order valence-corrected chi connectivity index (χ2v) is 3.58. The molecule has 2 rings (SSSR count). The number of benzene rings is 1. The smallest absolute Gasteiger partial charge is 0.267 e. The third kappa shape index (κ3) is 1.81. The van der Waals surface area contributed by atoms with Crippen LogP contribution in [0.25, 0.3) is 5.57 Å². The standard InChI is InChI=1S/C12H12N2O/c1-8-7-10(11(14-8)12(13)15)9-5-3-2-4-6-9/h2-6H,7H2,1H3,(H2,13,15). The van der Waals surface area contributed by atoms with Gasteiger partial charge in [0, 0.05) is 12.1 Å². The molecule has 1 aromatic rings. The van der Waals surface area contributed by atoms with Crippen molar-refractivity contribution in [2.45, 2.75) is 13.3 Å². The highest BCUT2D eigenvalue weighted by molar-refractivity contribution is 6.10. The van der Waals surface area contributed by atoms with E-state index in [-0.39, 0.29) is 0 Å². The van der Waals surface area contributed by atoms with Crippen LogP contribution in [0, 0.1) is 0 Å². The molecule has 3 heteroatoms. The third-order valence-corrected chi connectivity index (χ3v) is 2.38. The molecule has 1 heterocycles. The lowest BCUT2D eigenvalue weighted by molar-refractivity contribution is -0.114. The Morgan fingerprint density at radius 2 is 2.00 bits per heavy atom. The largest absolute Gasteiger partial charge is 0.364 e. The van der Waals surface area contributed by atoms with Gasteiger partial charge in [0.25, 0.3) is 5.91 Å². The number of aliphatic imine (C=N–C) groups is 1. The van der Waals surface area contributed by atoms with Crippen LogP contribution in [-0.4, -0.2) is 11.6 Å². The molecule has 1 aromatic carbocycles. The zero-order valence-corrected chi connectivity index (χ0v) is 8.53. The Hall–Kier alpha value is -1.90. The van der Waals surface area contributed by atoms with Crippen molar-refractivity contribution in [2.75, 3.05) is 0 Å². The van der Waals surface area contributed by atoms with Crippen molar-refractivity contribution < 1.29 is 4.79 Å². The monoisotopic (exact) mass is 200 g/mol. The minimum atomic E-state index is -0.453. The molecule has 1 aliphatic rings. The average molecular weight is 200 g/mol. The molecule has 0 aromatic heterocycles. The number of allylic oxidation sites excluding steroid dienone is 1. The van der Waals surface area contributed by atoms with Gasteiger partial charge in [-0.15, -0.1) is 0 Å². The summed E-state index contributed by atoms with van der Waals surface area (Å²) in [6, 6.07) is 9.75. The highest BCUT2D eigenvalue weighted by atomic mass is 16.1. The Morgan fingerprint density at radius 1 is 1.33 bits per heavy atom. The third-order valence-electron chi connectivity index (χ3n) is 2.38. The van der Waals surface area contributed by atoms with Gasteiger partial charge in [-0.2, -0.15) is 0 Å². The Morgan fingerprint density at radius 3 is 2.60 bits per heavy atom. The Balaban J connectivity index is 2.46. The van der Waals surface area contributed by atoms with E-state index in [1.54, 1.807) is 0 Å². The lowest BCUT2D eigenvalue weighted by atomic mass is 10.0. The van der Waals surface area contributed by atoms with Crippen LogP contribution in [-0.2, 0) is 4.79 Å². The zero-order chi connectivity index (χ0) is 10.8. The first-order valence-corrected chi connectivity index (χ1v) is 4.81. The number of rotatable bonds is 2. The minimum absolute atomic E-state index is 0.402. The molecule has 2 N–H and O–H groups in total. The van der Waals surface area contributed by atoms with Gasteiger partial charge >= 0.3 is 0 Å². The summed E-state index contributed by atoms with van der Waals surface area (Å²) in [6.45, 7) is 1.90. The second-order valence-electron chi connectivity index (χ2n) is 3.58. The van der Waals surface area contributed by atoms with E-state index in [2.05, 4.69) is 4.99 Å². The molecule has 0 aliphatic carbocycles. The lowest BCUT2D eigenvalue weighted by Crippen LogP contribution is -2.12. The molecular weight excluding hydrogens is 188 g/mol. The average Bonchev–Trinajstić information content (AvgIpc) is 2.62. The van der Waals surface area contributed by atoms with E-state index in [0.717, 1.165) is 16.8 Å². The van der Waals surface area contributed by atoms with Gasteiger partial charge in [0.05, 0.1) is 0 Å². The summed E-state index contributed by atoms with van der Waals surface area (Å²) in [5, 5.41) is 0. The number of nitrogens with two attached hydrogens (primary N) is 1. The molecule has 76 valence electrons. The fourth-order valence-electron chi connectivity index (χ4n) is 1.72. The summed E-state index contributed by atoms with van der Waals surface area (Å²) < 4.78 is 0. The van der Waals surface area contributed by atoms with Gasteiger partial charge in [0.15, 0.2) is 0 Å². The number of hydrogen-bond acceptors (Lipinski definition) is 2. The molecular formula is C12H12N2O. The predicted molar refractivity (Wildman–Crippen MR) is 60.3 cm³/mol. The van der Waals surface area contributed by atoms with Crippen LogP contribution in [0.2, 0.25) is 0 Å². The van der Waals surface area contributed by atoms with Crippen molar-refractivity contribution in [1.29, 1.82) is 0 Å². The molecule has 1 amide bonds. The summed E-state index contributed by atoms with van der Waals surface area (Å²) in [7, 11) is 0. The Bertz CT molecular complexity index is 458. The number of nitrogens with zero attached hydrogens (tertiary/aromatic N) is 1. The number of primary amides is 1. The van der Waals surface area contributed by atoms with Gasteiger partial charge in [-0.1, -0.05) is 30.3 Å². The number of carbonyl (C=O) groups excluding carboxylic acids is 1. The van der Waals surface area contributed by atoms with E-state index in [1.807, 2.05) is 37.3 Å². The zero-order valence-electron chi connectivity index (χ0n) is 8.53. The molecule has 3 nitrogen and oxygen atoms in total. The van der Waals surface area contributed by atoms with Gasteiger partial charge in [0.1, 0.15) is 5.70 Å². The maximum Gasteiger partial charge on any atom is 0.267 e. The van der Waals surface area contributed by atoms with Crippen LogP contribution in [0.3, 0.4) is 0 Å². The van der Waals surface area contributed by atoms with Gasteiger partial charge in [0.2, 0.25) is 0 Å². The minimum Gasteiger partial charge on any atom is -0.364 e. The molecule has 0 fully saturated rings. The van der Waals surface area contributed by atoms with Crippen LogP contribution < -0.4 is 5.73 Å². The fourth-order valence-corrected chi connectivity index (χ4v) is 1.72. The van der Waals surface area contributed by atoms with Crippen molar-refractivity contribution in [3.05, 3.63) is 41.6 Å². The summed E-state index contributed by atoms with van der Waals surface area (Å²) in [5.41, 5.74) is 8.57. The summed E-state index contributed by atoms with van der Waals surface area (Å²) >= 11 is 0. The van der Waals surface area contributed by atoms with E-state index in [0.29, 0.717) is 12.1 Å². The summed E-state index contributed by atoms with van der Waals surface area (Å²) in [6.07, 6.45) is 0.711. The van der Waals surface area contributed by atoms with Crippen LogP contribution in [0.4, 0.5) is 0 Å². The summed E-state index contributed by atoms with van der Waals surface area (Å²) in [5.74, 6) is -0.453. The van der Waals surface area contributed by atoms with Crippen LogP contribution in [0.5, 0.6) is 0 Å². The van der Waals surface area contributed by atoms with Crippen molar-refractivity contribution in [3.63, 3.8) is 0 Å². The van der Waals surface area contributed by atoms with E-state index < -0.39 is 5.91 Å². The predicted octanol–water partition coefficient (Wildman–Crippen LogP) is 1.75. The second kappa shape index (κ2) is 3.69. The lowest BCUT2D eigenvalue weighted by Gasteiger charge is -2.03. The first-order chi connectivity index (χ1) is 7.18. The van der Waals surface area contributed by atoms with Crippen LogP contribution in [0.15, 0.2) is 41.0 Å². The molecule has 0 unspecified atom stereocenters. The molecule has 0 radical (unpaired) electrons. The first kappa shape index (κ1) is 9.65. The van der Waals surface area contributed by atoms with Gasteiger partial charge in [-0.25, -0.2) is 0 Å². The normalized spacial score (nSPS) is 15.4. The van der Waals surface area contributed by atoms with E-state index in [1.165, 1.54) is 0 Å². The highest BCUT2D eigenvalue weighted by Crippen LogP contribution is 2.28. The summed E-state index contributed by atoms with van der Waals surface area (Å²) in [4.78, 5) is 15.4. The van der Waals surface area contributed by atoms with E-state index >= 15 is 0 Å².